The van der Waals surface area contributed by atoms with Crippen LogP contribution in [0, 0.1) is 0 Å². The summed E-state index contributed by atoms with van der Waals surface area (Å²) in [6.45, 7) is 0. The van der Waals surface area contributed by atoms with E-state index < -0.39 is 11.9 Å². The summed E-state index contributed by atoms with van der Waals surface area (Å²) in [4.78, 5) is 23.0. The highest BCUT2D eigenvalue weighted by atomic mass is 16.5. The highest BCUT2D eigenvalue weighted by Gasteiger charge is 2.05. The first-order valence-electron chi connectivity index (χ1n) is 6.23. The molecule has 0 amide bonds. The lowest BCUT2D eigenvalue weighted by molar-refractivity contribution is -0.131. The summed E-state index contributed by atoms with van der Waals surface area (Å²) in [5.41, 5.74) is 0. The third-order valence-electron chi connectivity index (χ3n) is 2.43. The quantitative estimate of drug-likeness (QED) is 0.510. The van der Waals surface area contributed by atoms with Crippen molar-refractivity contribution in [2.75, 3.05) is 0 Å². The number of rotatable bonds is 4. The third kappa shape index (κ3) is 4.68. The molecule has 0 aliphatic heterocycles. The molecule has 0 heterocycles. The molecule has 0 spiro atoms. The Morgan fingerprint density at radius 3 is 1.55 bits per heavy atom. The van der Waals surface area contributed by atoms with E-state index in [0.717, 1.165) is 12.2 Å². The fourth-order valence-corrected chi connectivity index (χ4v) is 1.53. The van der Waals surface area contributed by atoms with E-state index in [9.17, 15) is 19.8 Å². The minimum Gasteiger partial charge on any atom is -0.508 e. The average Bonchev–Trinajstić information content (AvgIpc) is 2.45. The van der Waals surface area contributed by atoms with E-state index in [1.807, 2.05) is 0 Å². The van der Waals surface area contributed by atoms with Crippen LogP contribution in [0.15, 0.2) is 60.7 Å². The van der Waals surface area contributed by atoms with Crippen LogP contribution in [0.4, 0.5) is 0 Å². The summed E-state index contributed by atoms with van der Waals surface area (Å²) < 4.78 is 9.76. The molecule has 2 N–H and O–H groups in total. The summed E-state index contributed by atoms with van der Waals surface area (Å²) in [7, 11) is 0. The first-order valence-corrected chi connectivity index (χ1v) is 6.23. The number of phenols is 2. The van der Waals surface area contributed by atoms with Crippen LogP contribution in [0.1, 0.15) is 0 Å². The Hall–Kier alpha value is -3.28. The maximum Gasteiger partial charge on any atom is 0.336 e. The minimum absolute atomic E-state index is 0.0439. The standard InChI is InChI=1S/C16H12O6/c17-11-3-1-5-13(9-11)21-15(19)7-8-16(20)22-14-6-2-4-12(18)10-14/h1-10,17-18H. The number of aromatic hydroxyl groups is 2. The van der Waals surface area contributed by atoms with Crippen molar-refractivity contribution in [3.8, 4) is 23.0 Å². The van der Waals surface area contributed by atoms with Gasteiger partial charge in [0.15, 0.2) is 0 Å². The van der Waals surface area contributed by atoms with E-state index in [2.05, 4.69) is 0 Å². The zero-order chi connectivity index (χ0) is 15.9. The number of hydrogen-bond acceptors (Lipinski definition) is 6. The third-order valence-corrected chi connectivity index (χ3v) is 2.43. The lowest BCUT2D eigenvalue weighted by Crippen LogP contribution is -2.08. The molecular weight excluding hydrogens is 288 g/mol. The number of carbonyl (C=O) groups is 2. The van der Waals surface area contributed by atoms with Crippen LogP contribution >= 0.6 is 0 Å². The van der Waals surface area contributed by atoms with E-state index >= 15 is 0 Å². The number of hydrogen-bond donors (Lipinski definition) is 2. The molecule has 0 fully saturated rings. The Balaban J connectivity index is 1.90. The lowest BCUT2D eigenvalue weighted by atomic mass is 10.3. The van der Waals surface area contributed by atoms with Crippen molar-refractivity contribution in [3.05, 3.63) is 60.7 Å². The number of ether oxygens (including phenoxy) is 2. The molecule has 22 heavy (non-hydrogen) atoms. The molecule has 2 rings (SSSR count). The van der Waals surface area contributed by atoms with Crippen LogP contribution in [0.3, 0.4) is 0 Å². The number of benzene rings is 2. The van der Waals surface area contributed by atoms with E-state index in [1.165, 1.54) is 48.5 Å². The van der Waals surface area contributed by atoms with E-state index in [-0.39, 0.29) is 23.0 Å². The molecule has 6 heteroatoms. The fourth-order valence-electron chi connectivity index (χ4n) is 1.53. The fraction of sp³-hybridized carbons (Fsp3) is 0. The van der Waals surface area contributed by atoms with Gasteiger partial charge in [0.25, 0.3) is 0 Å². The van der Waals surface area contributed by atoms with Gasteiger partial charge in [0, 0.05) is 24.3 Å². The van der Waals surface area contributed by atoms with Gasteiger partial charge in [-0.2, -0.15) is 0 Å². The van der Waals surface area contributed by atoms with Crippen molar-refractivity contribution in [2.24, 2.45) is 0 Å². The zero-order valence-corrected chi connectivity index (χ0v) is 11.3. The molecule has 2 aromatic rings. The molecule has 6 nitrogen and oxygen atoms in total. The van der Waals surface area contributed by atoms with Gasteiger partial charge in [0.05, 0.1) is 0 Å². The molecular formula is C16H12O6. The van der Waals surface area contributed by atoms with Gasteiger partial charge in [-0.15, -0.1) is 0 Å². The minimum atomic E-state index is -0.793. The van der Waals surface area contributed by atoms with Gasteiger partial charge < -0.3 is 19.7 Å². The van der Waals surface area contributed by atoms with Crippen molar-refractivity contribution in [1.82, 2.24) is 0 Å². The van der Waals surface area contributed by atoms with E-state index in [4.69, 9.17) is 9.47 Å². The van der Waals surface area contributed by atoms with Gasteiger partial charge in [-0.1, -0.05) is 12.1 Å². The molecule has 0 saturated carbocycles. The Morgan fingerprint density at radius 2 is 1.18 bits per heavy atom. The van der Waals surface area contributed by atoms with Crippen LogP contribution in [0.2, 0.25) is 0 Å². The van der Waals surface area contributed by atoms with Crippen molar-refractivity contribution in [3.63, 3.8) is 0 Å². The van der Waals surface area contributed by atoms with Crippen molar-refractivity contribution in [2.45, 2.75) is 0 Å². The number of carbonyl (C=O) groups excluding carboxylic acids is 2. The largest absolute Gasteiger partial charge is 0.508 e. The molecule has 0 aliphatic rings. The van der Waals surface area contributed by atoms with E-state index in [1.54, 1.807) is 0 Å². The van der Waals surface area contributed by atoms with Crippen LogP contribution in [-0.4, -0.2) is 22.2 Å². The van der Waals surface area contributed by atoms with Crippen LogP contribution < -0.4 is 9.47 Å². The molecule has 0 aromatic heterocycles. The molecule has 0 aliphatic carbocycles. The van der Waals surface area contributed by atoms with Crippen LogP contribution in [-0.2, 0) is 9.59 Å². The van der Waals surface area contributed by atoms with Crippen LogP contribution in [0.5, 0.6) is 23.0 Å². The lowest BCUT2D eigenvalue weighted by Gasteiger charge is -2.02. The highest BCUT2D eigenvalue weighted by molar-refractivity contribution is 5.93. The van der Waals surface area contributed by atoms with Gasteiger partial charge in [0.1, 0.15) is 23.0 Å². The summed E-state index contributed by atoms with van der Waals surface area (Å²) in [5, 5.41) is 18.5. The summed E-state index contributed by atoms with van der Waals surface area (Å²) in [6.07, 6.45) is 1.80. The van der Waals surface area contributed by atoms with Crippen molar-refractivity contribution >= 4 is 11.9 Å². The molecule has 0 unspecified atom stereocenters. The first kappa shape index (κ1) is 15.1. The number of phenolic OH excluding ortho intramolecular Hbond substituents is 2. The normalized spacial score (nSPS) is 10.4. The number of esters is 2. The molecule has 0 atom stereocenters. The Labute approximate surface area is 125 Å². The Bertz CT molecular complexity index is 659. The zero-order valence-electron chi connectivity index (χ0n) is 11.3. The maximum atomic E-state index is 11.5. The maximum absolute atomic E-state index is 11.5. The second-order valence-electron chi connectivity index (χ2n) is 4.17. The predicted molar refractivity (Wildman–Crippen MR) is 76.6 cm³/mol. The summed E-state index contributed by atoms with van der Waals surface area (Å²) in [6, 6.07) is 11.4. The summed E-state index contributed by atoms with van der Waals surface area (Å²) >= 11 is 0. The second kappa shape index (κ2) is 6.94. The predicted octanol–water partition coefficient (Wildman–Crippen LogP) is 2.17. The van der Waals surface area contributed by atoms with Crippen molar-refractivity contribution < 1.29 is 29.3 Å². The monoisotopic (exact) mass is 300 g/mol. The topological polar surface area (TPSA) is 93.1 Å². The molecule has 0 bridgehead atoms. The Kier molecular flexibility index (Phi) is 4.77. The van der Waals surface area contributed by atoms with Crippen molar-refractivity contribution in [1.29, 1.82) is 0 Å². The molecule has 2 aromatic carbocycles. The molecule has 112 valence electrons. The van der Waals surface area contributed by atoms with Gasteiger partial charge in [-0.05, 0) is 24.3 Å². The van der Waals surface area contributed by atoms with E-state index in [0.29, 0.717) is 0 Å². The first-order chi connectivity index (χ1) is 10.5. The second-order valence-corrected chi connectivity index (χ2v) is 4.17. The average molecular weight is 300 g/mol. The molecule has 0 saturated heterocycles. The highest BCUT2D eigenvalue weighted by Crippen LogP contribution is 2.18. The van der Waals surface area contributed by atoms with Gasteiger partial charge in [-0.25, -0.2) is 9.59 Å². The smallest absolute Gasteiger partial charge is 0.336 e. The Morgan fingerprint density at radius 1 is 0.773 bits per heavy atom. The van der Waals surface area contributed by atoms with Gasteiger partial charge in [-0.3, -0.25) is 0 Å². The van der Waals surface area contributed by atoms with Gasteiger partial charge in [0.2, 0.25) is 0 Å². The van der Waals surface area contributed by atoms with Crippen LogP contribution in [0.25, 0.3) is 0 Å². The SMILES string of the molecule is O=C(C=CC(=O)Oc1cccc(O)c1)Oc1cccc(O)c1. The van der Waals surface area contributed by atoms with Gasteiger partial charge >= 0.3 is 11.9 Å². The summed E-state index contributed by atoms with van der Waals surface area (Å²) in [5.74, 6) is -1.38. The molecule has 0 radical (unpaired) electrons.